The average Bonchev–Trinajstić information content (AvgIpc) is 3.96. The highest BCUT2D eigenvalue weighted by Gasteiger charge is 2.50. The van der Waals surface area contributed by atoms with Crippen LogP contribution >= 0.6 is 0 Å². The van der Waals surface area contributed by atoms with Gasteiger partial charge < -0.3 is 18.2 Å². The van der Waals surface area contributed by atoms with Crippen molar-refractivity contribution < 1.29 is 8.83 Å². The maximum atomic E-state index is 7.56. The first-order valence-electron chi connectivity index (χ1n) is 23.7. The molecule has 3 aliphatic rings. The Balaban J connectivity index is 1.26. The van der Waals surface area contributed by atoms with Gasteiger partial charge in [0.15, 0.2) is 0 Å². The normalized spacial score (nSPS) is 16.2. The molecular formula is C60H55BN2O2. The summed E-state index contributed by atoms with van der Waals surface area (Å²) in [4.78, 5) is 2.65. The Kier molecular flexibility index (Phi) is 7.59. The van der Waals surface area contributed by atoms with Crippen LogP contribution in [0.15, 0.2) is 136 Å². The van der Waals surface area contributed by atoms with E-state index in [1.54, 1.807) is 0 Å². The van der Waals surface area contributed by atoms with Gasteiger partial charge in [-0.1, -0.05) is 142 Å². The Labute approximate surface area is 382 Å². The molecule has 0 fully saturated rings. The number of furan rings is 2. The van der Waals surface area contributed by atoms with Gasteiger partial charge in [-0.2, -0.15) is 0 Å². The first-order chi connectivity index (χ1) is 31.0. The molecule has 5 heterocycles. The second kappa shape index (κ2) is 12.7. The summed E-state index contributed by atoms with van der Waals surface area (Å²) in [5.74, 6) is 0. The number of rotatable bonds is 2. The Morgan fingerprint density at radius 1 is 0.569 bits per heavy atom. The van der Waals surface area contributed by atoms with E-state index >= 15 is 0 Å². The zero-order chi connectivity index (χ0) is 44.7. The van der Waals surface area contributed by atoms with Crippen molar-refractivity contribution in [1.29, 1.82) is 0 Å². The van der Waals surface area contributed by atoms with Crippen molar-refractivity contribution in [2.24, 2.45) is 0 Å². The molecule has 0 radical (unpaired) electrons. The monoisotopic (exact) mass is 846 g/mol. The van der Waals surface area contributed by atoms with Crippen LogP contribution in [0.25, 0.3) is 82.7 Å². The van der Waals surface area contributed by atoms with Gasteiger partial charge >= 0.3 is 6.85 Å². The predicted molar refractivity (Wildman–Crippen MR) is 275 cm³/mol. The van der Waals surface area contributed by atoms with E-state index in [1.807, 2.05) is 0 Å². The molecular weight excluding hydrogens is 791 g/mol. The zero-order valence-electron chi connectivity index (χ0n) is 39.3. The third kappa shape index (κ3) is 5.27. The van der Waals surface area contributed by atoms with Crippen molar-refractivity contribution in [1.82, 2.24) is 4.57 Å². The average molecular weight is 847 g/mol. The second-order valence-corrected chi connectivity index (χ2v) is 22.8. The van der Waals surface area contributed by atoms with Crippen LogP contribution < -0.4 is 15.9 Å². The zero-order valence-corrected chi connectivity index (χ0v) is 39.3. The molecule has 0 bridgehead atoms. The Hall–Kier alpha value is -6.46. The third-order valence-corrected chi connectivity index (χ3v) is 15.7. The summed E-state index contributed by atoms with van der Waals surface area (Å²) in [5.41, 5.74) is 21.2. The summed E-state index contributed by atoms with van der Waals surface area (Å²) >= 11 is 0. The molecule has 2 aliphatic heterocycles. The molecule has 10 aromatic rings. The number of anilines is 2. The molecule has 5 heteroatoms. The van der Waals surface area contributed by atoms with Gasteiger partial charge in [-0.3, -0.25) is 0 Å². The minimum absolute atomic E-state index is 0.00560. The van der Waals surface area contributed by atoms with Crippen LogP contribution in [-0.2, 0) is 21.7 Å². The maximum Gasteiger partial charge on any atom is 0.376 e. The number of para-hydroxylation sites is 1. The smallest absolute Gasteiger partial charge is 0.376 e. The van der Waals surface area contributed by atoms with Gasteiger partial charge in [-0.25, -0.2) is 0 Å². The lowest BCUT2D eigenvalue weighted by atomic mass is 9.46. The molecule has 3 aromatic heterocycles. The molecule has 7 aromatic carbocycles. The lowest BCUT2D eigenvalue weighted by molar-refractivity contribution is 0.332. The summed E-state index contributed by atoms with van der Waals surface area (Å²) in [6.45, 7) is 23.4. The molecule has 0 N–H and O–H groups in total. The quantitative estimate of drug-likeness (QED) is 0.163. The van der Waals surface area contributed by atoms with E-state index in [2.05, 4.69) is 206 Å². The van der Waals surface area contributed by atoms with Crippen LogP contribution in [-0.4, -0.2) is 11.4 Å². The standard InChI is InChI=1S/C60H55BN2O2/c1-57(2,3)36-21-24-38(25-22-36)63-46-33-44-43(59(7,8)28-29-60(44,9)10)32-42(46)49-50-39-18-14-15-19-47(39)64-55(50)51-41-31-37(58(4,5)6)23-27-45(41)62-53-40-26-20-35(34-16-12-11-13-17-34)30-48(40)65-56(53)61(63)52(49)54(51)62/h11-27,30-33H,28-29H2,1-10H3. The molecule has 0 saturated carbocycles. The predicted octanol–water partition coefficient (Wildman–Crippen LogP) is 15.3. The lowest BCUT2D eigenvalue weighted by Crippen LogP contribution is -2.60. The number of nitrogens with zero attached hydrogens (tertiary/aromatic N) is 2. The van der Waals surface area contributed by atoms with Gasteiger partial charge in [0.1, 0.15) is 22.4 Å². The molecule has 0 unspecified atom stereocenters. The summed E-state index contributed by atoms with van der Waals surface area (Å²) in [6, 6.07) is 48.0. The number of aromatic nitrogens is 1. The van der Waals surface area contributed by atoms with E-state index in [-0.39, 0.29) is 28.5 Å². The van der Waals surface area contributed by atoms with Crippen LogP contribution in [0.4, 0.5) is 11.4 Å². The van der Waals surface area contributed by atoms with Crippen molar-refractivity contribution in [2.75, 3.05) is 4.81 Å². The maximum absolute atomic E-state index is 7.56. The minimum atomic E-state index is -0.280. The summed E-state index contributed by atoms with van der Waals surface area (Å²) in [5, 5.41) is 5.83. The highest BCUT2D eigenvalue weighted by atomic mass is 16.3. The molecule has 0 spiro atoms. The van der Waals surface area contributed by atoms with E-state index in [9.17, 15) is 0 Å². The summed E-state index contributed by atoms with van der Waals surface area (Å²) in [6.07, 6.45) is 2.28. The van der Waals surface area contributed by atoms with Crippen LogP contribution in [0, 0.1) is 0 Å². The molecule has 0 saturated heterocycles. The van der Waals surface area contributed by atoms with Crippen LogP contribution in [0.3, 0.4) is 0 Å². The van der Waals surface area contributed by atoms with Gasteiger partial charge in [0.05, 0.1) is 22.1 Å². The molecule has 4 nitrogen and oxygen atoms in total. The molecule has 13 rings (SSSR count). The van der Waals surface area contributed by atoms with E-state index in [0.717, 1.165) is 68.5 Å². The summed E-state index contributed by atoms with van der Waals surface area (Å²) < 4.78 is 17.4. The van der Waals surface area contributed by atoms with Crippen LogP contribution in [0.2, 0.25) is 0 Å². The van der Waals surface area contributed by atoms with Crippen LogP contribution in [0.1, 0.15) is 104 Å². The van der Waals surface area contributed by atoms with E-state index in [0.29, 0.717) is 0 Å². The molecule has 1 aliphatic carbocycles. The van der Waals surface area contributed by atoms with E-state index in [4.69, 9.17) is 8.83 Å². The Morgan fingerprint density at radius 2 is 1.25 bits per heavy atom. The molecule has 0 atom stereocenters. The van der Waals surface area contributed by atoms with Gasteiger partial charge in [-0.15, -0.1) is 0 Å². The number of benzene rings is 7. The van der Waals surface area contributed by atoms with Gasteiger partial charge in [0.25, 0.3) is 0 Å². The highest BCUT2D eigenvalue weighted by Crippen LogP contribution is 2.56. The summed E-state index contributed by atoms with van der Waals surface area (Å²) in [7, 11) is 0. The van der Waals surface area contributed by atoms with Crippen molar-refractivity contribution in [3.63, 3.8) is 0 Å². The topological polar surface area (TPSA) is 34.5 Å². The van der Waals surface area contributed by atoms with Crippen molar-refractivity contribution >= 4 is 84.1 Å². The first kappa shape index (κ1) is 39.0. The fourth-order valence-electron chi connectivity index (χ4n) is 12.0. The van der Waals surface area contributed by atoms with Gasteiger partial charge in [0, 0.05) is 38.5 Å². The number of hydrogen-bond acceptors (Lipinski definition) is 3. The van der Waals surface area contributed by atoms with Crippen molar-refractivity contribution in [2.45, 2.75) is 104 Å². The van der Waals surface area contributed by atoms with Crippen molar-refractivity contribution in [3.05, 3.63) is 150 Å². The van der Waals surface area contributed by atoms with Crippen molar-refractivity contribution in [3.8, 4) is 27.9 Å². The SMILES string of the molecule is CC(C)(C)c1ccc(N2B3c4oc5cc(-c6ccccc6)ccc5c4-n4c5ccc(C(C)(C)C)cc5c5c6oc7ccccc7c6c(c3c54)-c3cc4c(cc32)C(C)(C)CCC4(C)C)cc1. The minimum Gasteiger partial charge on any atom is -0.466 e. The molecule has 0 amide bonds. The Morgan fingerprint density at radius 3 is 1.97 bits per heavy atom. The third-order valence-electron chi connectivity index (χ3n) is 15.7. The van der Waals surface area contributed by atoms with E-state index in [1.165, 1.54) is 71.8 Å². The number of fused-ring (bicyclic) bond motifs is 16. The highest BCUT2D eigenvalue weighted by molar-refractivity contribution is 6.93. The van der Waals surface area contributed by atoms with Gasteiger partial charge in [-0.05, 0) is 134 Å². The van der Waals surface area contributed by atoms with Crippen LogP contribution in [0.5, 0.6) is 0 Å². The Bertz CT molecular complexity index is 3680. The fraction of sp³-hybridized carbons (Fsp3) is 0.267. The van der Waals surface area contributed by atoms with Gasteiger partial charge in [0.2, 0.25) is 0 Å². The lowest BCUT2D eigenvalue weighted by Gasteiger charge is -2.46. The largest absolute Gasteiger partial charge is 0.466 e. The first-order valence-corrected chi connectivity index (χ1v) is 23.7. The molecule has 65 heavy (non-hydrogen) atoms. The fourth-order valence-corrected chi connectivity index (χ4v) is 12.0. The van der Waals surface area contributed by atoms with E-state index < -0.39 is 0 Å². The second-order valence-electron chi connectivity index (χ2n) is 22.8. The number of hydrogen-bond donors (Lipinski definition) is 0. The molecule has 320 valence electrons.